The highest BCUT2D eigenvalue weighted by Crippen LogP contribution is 2.25. The maximum Gasteiger partial charge on any atom is 0.250 e. The molecule has 1 aliphatic rings. The Kier molecular flexibility index (Phi) is 5.22. The molecule has 8 heteroatoms. The van der Waals surface area contributed by atoms with Gasteiger partial charge in [-0.3, -0.25) is 4.90 Å². The Morgan fingerprint density at radius 2 is 2.16 bits per heavy atom. The van der Waals surface area contributed by atoms with Crippen molar-refractivity contribution in [1.82, 2.24) is 9.62 Å². The largest absolute Gasteiger partial charge is 0.379 e. The van der Waals surface area contributed by atoms with Crippen LogP contribution in [0.25, 0.3) is 0 Å². The van der Waals surface area contributed by atoms with E-state index in [0.29, 0.717) is 24.1 Å². The molecule has 0 spiro atoms. The van der Waals surface area contributed by atoms with E-state index in [4.69, 9.17) is 16.3 Å². The SMILES string of the molecule is C[C@H](CNS(=O)(=O)c1ccc(Cl)s1)N1CCOCC1. The third kappa shape index (κ3) is 4.14. The summed E-state index contributed by atoms with van der Waals surface area (Å²) in [4.78, 5) is 2.22. The van der Waals surface area contributed by atoms with Gasteiger partial charge in [-0.25, -0.2) is 13.1 Å². The van der Waals surface area contributed by atoms with Crippen LogP contribution in [-0.4, -0.2) is 52.2 Å². The number of rotatable bonds is 5. The molecule has 108 valence electrons. The number of thiophene rings is 1. The first kappa shape index (κ1) is 15.2. The van der Waals surface area contributed by atoms with Gasteiger partial charge in [0.2, 0.25) is 10.0 Å². The number of hydrogen-bond donors (Lipinski definition) is 1. The molecule has 0 aromatic carbocycles. The minimum Gasteiger partial charge on any atom is -0.379 e. The third-order valence-corrected chi connectivity index (χ3v) is 6.20. The van der Waals surface area contributed by atoms with Crippen molar-refractivity contribution in [2.75, 3.05) is 32.8 Å². The van der Waals surface area contributed by atoms with Crippen LogP contribution in [0.4, 0.5) is 0 Å². The standard InChI is InChI=1S/C11H17ClN2O3S2/c1-9(14-4-6-17-7-5-14)8-13-19(15,16)11-3-2-10(12)18-11/h2-3,9,13H,4-8H2,1H3/t9-/m1/s1. The molecular formula is C11H17ClN2O3S2. The average Bonchev–Trinajstić information content (AvgIpc) is 2.85. The van der Waals surface area contributed by atoms with Crippen LogP contribution in [0.15, 0.2) is 16.3 Å². The van der Waals surface area contributed by atoms with Crippen LogP contribution >= 0.6 is 22.9 Å². The van der Waals surface area contributed by atoms with Gasteiger partial charge in [-0.05, 0) is 19.1 Å². The number of hydrogen-bond acceptors (Lipinski definition) is 5. The van der Waals surface area contributed by atoms with Gasteiger partial charge in [0.1, 0.15) is 4.21 Å². The zero-order valence-corrected chi connectivity index (χ0v) is 13.0. The van der Waals surface area contributed by atoms with Crippen LogP contribution in [0.1, 0.15) is 6.92 Å². The highest BCUT2D eigenvalue weighted by Gasteiger charge is 2.21. The summed E-state index contributed by atoms with van der Waals surface area (Å²) in [6.45, 7) is 5.49. The molecule has 0 bridgehead atoms. The molecule has 2 rings (SSSR count). The smallest absolute Gasteiger partial charge is 0.250 e. The van der Waals surface area contributed by atoms with Gasteiger partial charge < -0.3 is 4.74 Å². The summed E-state index contributed by atoms with van der Waals surface area (Å²) in [5.41, 5.74) is 0. The van der Waals surface area contributed by atoms with Crippen molar-refractivity contribution in [3.63, 3.8) is 0 Å². The molecule has 0 radical (unpaired) electrons. The van der Waals surface area contributed by atoms with Crippen molar-refractivity contribution < 1.29 is 13.2 Å². The van der Waals surface area contributed by atoms with Gasteiger partial charge in [0.15, 0.2) is 0 Å². The van der Waals surface area contributed by atoms with Crippen molar-refractivity contribution >= 4 is 33.0 Å². The van der Waals surface area contributed by atoms with Crippen molar-refractivity contribution in [2.45, 2.75) is 17.2 Å². The van der Waals surface area contributed by atoms with Crippen LogP contribution in [0.2, 0.25) is 4.34 Å². The fraction of sp³-hybridized carbons (Fsp3) is 0.636. The molecule has 5 nitrogen and oxygen atoms in total. The normalized spacial score (nSPS) is 19.5. The number of ether oxygens (including phenoxy) is 1. The lowest BCUT2D eigenvalue weighted by molar-refractivity contribution is 0.0213. The molecule has 1 fully saturated rings. The average molecular weight is 325 g/mol. The Labute approximate surface area is 122 Å². The van der Waals surface area contributed by atoms with E-state index in [1.54, 1.807) is 6.07 Å². The molecule has 0 unspecified atom stereocenters. The zero-order valence-electron chi connectivity index (χ0n) is 10.6. The van der Waals surface area contributed by atoms with E-state index in [1.165, 1.54) is 6.07 Å². The van der Waals surface area contributed by atoms with E-state index in [2.05, 4.69) is 9.62 Å². The van der Waals surface area contributed by atoms with E-state index < -0.39 is 10.0 Å². The number of nitrogens with zero attached hydrogens (tertiary/aromatic N) is 1. The lowest BCUT2D eigenvalue weighted by atomic mass is 10.2. The predicted molar refractivity (Wildman–Crippen MR) is 76.4 cm³/mol. The lowest BCUT2D eigenvalue weighted by Gasteiger charge is -2.32. The molecule has 0 aliphatic carbocycles. The zero-order chi connectivity index (χ0) is 13.9. The lowest BCUT2D eigenvalue weighted by Crippen LogP contribution is -2.47. The molecule has 1 aromatic heterocycles. The Morgan fingerprint density at radius 1 is 1.47 bits per heavy atom. The number of sulfonamides is 1. The Bertz CT molecular complexity index is 512. The van der Waals surface area contributed by atoms with Crippen LogP contribution in [0.5, 0.6) is 0 Å². The first-order valence-corrected chi connectivity index (χ1v) is 8.73. The quantitative estimate of drug-likeness (QED) is 0.889. The molecule has 1 aromatic rings. The molecule has 0 amide bonds. The van der Waals surface area contributed by atoms with Gasteiger partial charge in [0.25, 0.3) is 0 Å². The molecule has 1 aliphatic heterocycles. The molecular weight excluding hydrogens is 308 g/mol. The first-order chi connectivity index (χ1) is 8.99. The summed E-state index contributed by atoms with van der Waals surface area (Å²) >= 11 is 6.82. The molecule has 1 atom stereocenters. The van der Waals surface area contributed by atoms with Crippen molar-refractivity contribution in [3.8, 4) is 0 Å². The molecule has 19 heavy (non-hydrogen) atoms. The second kappa shape index (κ2) is 6.51. The summed E-state index contributed by atoms with van der Waals surface area (Å²) in [6.07, 6.45) is 0. The van der Waals surface area contributed by atoms with Gasteiger partial charge in [0, 0.05) is 25.7 Å². The monoisotopic (exact) mass is 324 g/mol. The fourth-order valence-corrected chi connectivity index (χ4v) is 4.54. The van der Waals surface area contributed by atoms with Crippen LogP contribution in [-0.2, 0) is 14.8 Å². The highest BCUT2D eigenvalue weighted by molar-refractivity contribution is 7.91. The summed E-state index contributed by atoms with van der Waals surface area (Å²) in [5, 5.41) is 0. The second-order valence-electron chi connectivity index (χ2n) is 4.41. The van der Waals surface area contributed by atoms with Crippen LogP contribution in [0, 0.1) is 0 Å². The Morgan fingerprint density at radius 3 is 2.74 bits per heavy atom. The van der Waals surface area contributed by atoms with Gasteiger partial charge in [-0.15, -0.1) is 11.3 Å². The first-order valence-electron chi connectivity index (χ1n) is 6.06. The summed E-state index contributed by atoms with van der Waals surface area (Å²) in [6, 6.07) is 3.26. The van der Waals surface area contributed by atoms with E-state index in [0.717, 1.165) is 24.4 Å². The Balaban J connectivity index is 1.90. The number of halogens is 1. The predicted octanol–water partition coefficient (Wildman–Crippen LogP) is 1.40. The molecule has 1 saturated heterocycles. The number of nitrogens with one attached hydrogen (secondary N) is 1. The van der Waals surface area contributed by atoms with E-state index in [1.807, 2.05) is 6.92 Å². The van der Waals surface area contributed by atoms with Crippen LogP contribution in [0.3, 0.4) is 0 Å². The second-order valence-corrected chi connectivity index (χ2v) is 8.12. The van der Waals surface area contributed by atoms with E-state index in [9.17, 15) is 8.42 Å². The number of morpholine rings is 1. The summed E-state index contributed by atoms with van der Waals surface area (Å²) < 4.78 is 32.7. The minimum atomic E-state index is -3.45. The molecule has 2 heterocycles. The molecule has 0 saturated carbocycles. The topological polar surface area (TPSA) is 58.6 Å². The highest BCUT2D eigenvalue weighted by atomic mass is 35.5. The van der Waals surface area contributed by atoms with Crippen molar-refractivity contribution in [1.29, 1.82) is 0 Å². The van der Waals surface area contributed by atoms with E-state index in [-0.39, 0.29) is 10.3 Å². The minimum absolute atomic E-state index is 0.147. The van der Waals surface area contributed by atoms with Crippen molar-refractivity contribution in [3.05, 3.63) is 16.5 Å². The van der Waals surface area contributed by atoms with Crippen molar-refractivity contribution in [2.24, 2.45) is 0 Å². The fourth-order valence-electron chi connectivity index (χ4n) is 1.89. The van der Waals surface area contributed by atoms with E-state index >= 15 is 0 Å². The maximum atomic E-state index is 12.0. The summed E-state index contributed by atoms with van der Waals surface area (Å²) in [5.74, 6) is 0. The maximum absolute atomic E-state index is 12.0. The van der Waals surface area contributed by atoms with Crippen LogP contribution < -0.4 is 4.72 Å². The summed E-state index contributed by atoms with van der Waals surface area (Å²) in [7, 11) is -3.45. The molecule has 1 N–H and O–H groups in total. The Hall–Kier alpha value is -0.180. The van der Waals surface area contributed by atoms with Gasteiger partial charge in [0.05, 0.1) is 17.6 Å². The third-order valence-electron chi connectivity index (χ3n) is 3.05. The van der Waals surface area contributed by atoms with Gasteiger partial charge in [-0.2, -0.15) is 0 Å². The van der Waals surface area contributed by atoms with Gasteiger partial charge >= 0.3 is 0 Å². The van der Waals surface area contributed by atoms with Gasteiger partial charge in [-0.1, -0.05) is 11.6 Å².